The quantitative estimate of drug-likeness (QED) is 0.407. The minimum absolute atomic E-state index is 0.0297. The summed E-state index contributed by atoms with van der Waals surface area (Å²) in [5, 5.41) is 10.1. The largest absolute Gasteiger partial charge is 0.477 e. The molecule has 0 saturated carbocycles. The van der Waals surface area contributed by atoms with Crippen LogP contribution >= 0.6 is 0 Å². The van der Waals surface area contributed by atoms with Crippen LogP contribution in [0, 0.1) is 12.9 Å². The van der Waals surface area contributed by atoms with Crippen molar-refractivity contribution < 1.29 is 18.7 Å². The Kier molecular flexibility index (Phi) is 5.91. The van der Waals surface area contributed by atoms with Gasteiger partial charge in [-0.1, -0.05) is 48.5 Å². The number of amides is 2. The number of aryl methyl sites for hydroxylation is 2. The van der Waals surface area contributed by atoms with E-state index in [4.69, 9.17) is 4.74 Å². The number of halogens is 1. The average Bonchev–Trinajstić information content (AvgIpc) is 3.26. The Hall–Kier alpha value is -4.86. The molecule has 2 aromatic carbocycles. The number of nitrogens with zero attached hydrogens (tertiary/aromatic N) is 4. The van der Waals surface area contributed by atoms with Crippen molar-refractivity contribution in [3.63, 3.8) is 0 Å². The van der Waals surface area contributed by atoms with Crippen molar-refractivity contribution in [3.8, 4) is 17.1 Å². The second kappa shape index (κ2) is 9.55. The summed E-state index contributed by atoms with van der Waals surface area (Å²) in [5.74, 6) is -1.71. The molecular formula is C28H23FN6O3. The van der Waals surface area contributed by atoms with Crippen molar-refractivity contribution in [2.24, 2.45) is 4.99 Å². The smallest absolute Gasteiger partial charge is 0.269 e. The number of benzodiazepines with no additional fused rings is 1. The molecule has 2 amide bonds. The van der Waals surface area contributed by atoms with Crippen LogP contribution in [0.2, 0.25) is 0 Å². The van der Waals surface area contributed by atoms with Gasteiger partial charge in [0.2, 0.25) is 18.0 Å². The van der Waals surface area contributed by atoms with Crippen LogP contribution < -0.4 is 15.4 Å². The van der Waals surface area contributed by atoms with Crippen molar-refractivity contribution in [1.29, 1.82) is 0 Å². The molecule has 2 aromatic heterocycles. The number of anilines is 1. The summed E-state index contributed by atoms with van der Waals surface area (Å²) in [6.45, 7) is 2.66. The van der Waals surface area contributed by atoms with Crippen molar-refractivity contribution >= 4 is 23.2 Å². The van der Waals surface area contributed by atoms with Crippen LogP contribution in [0.1, 0.15) is 33.5 Å². The van der Waals surface area contributed by atoms with E-state index in [1.807, 2.05) is 48.5 Å². The standard InChI is InChI=1S/C28H23FN6O3/c1-16-14-19(24(29)30-15-16)23-21(28-35(34-23)12-7-13-38-28)26(36)33-25-27(37)31-20-11-6-5-10-18(20)22(32-25)17-8-3-2-4-9-17/h2-6,8-11,14-15,25H,7,12-13H2,1H3,(H,31,37)(H,33,36)/t25-/m1/s1. The molecule has 9 nitrogen and oxygen atoms in total. The van der Waals surface area contributed by atoms with Crippen LogP contribution in [-0.2, 0) is 11.3 Å². The monoisotopic (exact) mass is 510 g/mol. The fraction of sp³-hybridized carbons (Fsp3) is 0.179. The molecule has 0 fully saturated rings. The lowest BCUT2D eigenvalue weighted by molar-refractivity contribution is -0.117. The molecule has 0 aliphatic carbocycles. The van der Waals surface area contributed by atoms with Crippen LogP contribution in [-0.4, -0.2) is 45.1 Å². The van der Waals surface area contributed by atoms with E-state index in [2.05, 4.69) is 25.7 Å². The Labute approximate surface area is 217 Å². The first kappa shape index (κ1) is 23.5. The van der Waals surface area contributed by atoms with E-state index in [1.165, 1.54) is 10.9 Å². The zero-order valence-corrected chi connectivity index (χ0v) is 20.4. The molecule has 6 rings (SSSR count). The Bertz CT molecular complexity index is 1600. The van der Waals surface area contributed by atoms with Crippen molar-refractivity contribution in [2.45, 2.75) is 26.1 Å². The summed E-state index contributed by atoms with van der Waals surface area (Å²) in [6, 6.07) is 18.3. The first-order valence-corrected chi connectivity index (χ1v) is 12.2. The molecule has 2 N–H and O–H groups in total. The van der Waals surface area contributed by atoms with Gasteiger partial charge >= 0.3 is 0 Å². The SMILES string of the molecule is Cc1cnc(F)c(-c2nn3c(c2C(=O)N[C@H]2N=C(c4ccccc4)c4ccccc4NC2=O)OCCC3)c1. The van der Waals surface area contributed by atoms with Gasteiger partial charge in [-0.15, -0.1) is 0 Å². The summed E-state index contributed by atoms with van der Waals surface area (Å²) in [7, 11) is 0. The van der Waals surface area contributed by atoms with Crippen LogP contribution in [0.5, 0.6) is 5.88 Å². The number of carbonyl (C=O) groups excluding carboxylic acids is 2. The fourth-order valence-electron chi connectivity index (χ4n) is 4.62. The summed E-state index contributed by atoms with van der Waals surface area (Å²) in [4.78, 5) is 35.5. The highest BCUT2D eigenvalue weighted by atomic mass is 19.1. The highest BCUT2D eigenvalue weighted by molar-refractivity contribution is 6.20. The van der Waals surface area contributed by atoms with Gasteiger partial charge in [-0.25, -0.2) is 14.7 Å². The Morgan fingerprint density at radius 2 is 1.92 bits per heavy atom. The number of para-hydroxylation sites is 1. The number of aromatic nitrogens is 3. The molecule has 10 heteroatoms. The van der Waals surface area contributed by atoms with Crippen molar-refractivity contribution in [1.82, 2.24) is 20.1 Å². The first-order valence-electron chi connectivity index (χ1n) is 12.2. The number of ether oxygens (including phenoxy) is 1. The van der Waals surface area contributed by atoms with Crippen LogP contribution in [0.3, 0.4) is 0 Å². The molecular weight excluding hydrogens is 487 g/mol. The normalized spacial score (nSPS) is 16.3. The number of pyridine rings is 1. The first-order chi connectivity index (χ1) is 18.5. The zero-order chi connectivity index (χ0) is 26.2. The topological polar surface area (TPSA) is 111 Å². The number of fused-ring (bicyclic) bond motifs is 2. The van der Waals surface area contributed by atoms with Gasteiger partial charge in [-0.2, -0.15) is 9.49 Å². The van der Waals surface area contributed by atoms with Gasteiger partial charge in [0.1, 0.15) is 11.3 Å². The van der Waals surface area contributed by atoms with Gasteiger partial charge < -0.3 is 15.4 Å². The lowest BCUT2D eigenvalue weighted by Gasteiger charge is -2.17. The molecule has 0 unspecified atom stereocenters. The molecule has 2 aliphatic heterocycles. The molecule has 38 heavy (non-hydrogen) atoms. The summed E-state index contributed by atoms with van der Waals surface area (Å²) < 4.78 is 22.1. The molecule has 0 saturated heterocycles. The van der Waals surface area contributed by atoms with Crippen molar-refractivity contribution in [2.75, 3.05) is 11.9 Å². The van der Waals surface area contributed by atoms with E-state index >= 15 is 0 Å². The van der Waals surface area contributed by atoms with E-state index in [1.54, 1.807) is 19.1 Å². The van der Waals surface area contributed by atoms with Gasteiger partial charge in [0.15, 0.2) is 0 Å². The van der Waals surface area contributed by atoms with Crippen LogP contribution in [0.25, 0.3) is 11.3 Å². The number of rotatable bonds is 4. The van der Waals surface area contributed by atoms with E-state index in [0.29, 0.717) is 36.5 Å². The maximum atomic E-state index is 14.8. The van der Waals surface area contributed by atoms with Gasteiger partial charge in [0, 0.05) is 30.3 Å². The number of aliphatic imine (C=N–C) groups is 1. The second-order valence-corrected chi connectivity index (χ2v) is 9.06. The lowest BCUT2D eigenvalue weighted by atomic mass is 10.0. The van der Waals surface area contributed by atoms with Gasteiger partial charge in [0.05, 0.1) is 23.6 Å². The molecule has 190 valence electrons. The highest BCUT2D eigenvalue weighted by Gasteiger charge is 2.33. The predicted molar refractivity (Wildman–Crippen MR) is 139 cm³/mol. The molecule has 2 aliphatic rings. The minimum atomic E-state index is -1.27. The van der Waals surface area contributed by atoms with E-state index in [9.17, 15) is 14.0 Å². The molecule has 1 atom stereocenters. The maximum Gasteiger partial charge on any atom is 0.269 e. The predicted octanol–water partition coefficient (Wildman–Crippen LogP) is 3.72. The number of carbonyl (C=O) groups is 2. The maximum absolute atomic E-state index is 14.8. The Balaban J connectivity index is 1.43. The molecule has 0 bridgehead atoms. The van der Waals surface area contributed by atoms with E-state index in [-0.39, 0.29) is 22.7 Å². The molecule has 4 aromatic rings. The molecule has 4 heterocycles. The summed E-state index contributed by atoms with van der Waals surface area (Å²) >= 11 is 0. The van der Waals surface area contributed by atoms with Gasteiger partial charge in [-0.05, 0) is 24.6 Å². The fourth-order valence-corrected chi connectivity index (χ4v) is 4.62. The third-order valence-corrected chi connectivity index (χ3v) is 6.38. The van der Waals surface area contributed by atoms with E-state index in [0.717, 1.165) is 11.1 Å². The second-order valence-electron chi connectivity index (χ2n) is 9.06. The Morgan fingerprint density at radius 1 is 1.13 bits per heavy atom. The molecule has 0 spiro atoms. The number of nitrogens with one attached hydrogen (secondary N) is 2. The zero-order valence-electron chi connectivity index (χ0n) is 20.4. The highest BCUT2D eigenvalue weighted by Crippen LogP contribution is 2.34. The van der Waals surface area contributed by atoms with Crippen LogP contribution in [0.4, 0.5) is 10.1 Å². The van der Waals surface area contributed by atoms with E-state index < -0.39 is 23.9 Å². The Morgan fingerprint density at radius 3 is 2.76 bits per heavy atom. The summed E-state index contributed by atoms with van der Waals surface area (Å²) in [6.07, 6.45) is 0.827. The van der Waals surface area contributed by atoms with Crippen LogP contribution in [0.15, 0.2) is 71.9 Å². The number of hydrogen-bond donors (Lipinski definition) is 2. The lowest BCUT2D eigenvalue weighted by Crippen LogP contribution is -2.42. The van der Waals surface area contributed by atoms with Gasteiger partial charge in [-0.3, -0.25) is 9.59 Å². The number of benzene rings is 2. The molecule has 0 radical (unpaired) electrons. The van der Waals surface area contributed by atoms with Gasteiger partial charge in [0.25, 0.3) is 11.8 Å². The summed E-state index contributed by atoms with van der Waals surface area (Å²) in [5.41, 5.74) is 3.55. The third kappa shape index (κ3) is 4.19. The third-order valence-electron chi connectivity index (χ3n) is 6.38. The average molecular weight is 511 g/mol. The number of hydrogen-bond acceptors (Lipinski definition) is 6. The minimum Gasteiger partial charge on any atom is -0.477 e. The van der Waals surface area contributed by atoms with Crippen molar-refractivity contribution in [3.05, 3.63) is 95.1 Å².